The molecule has 0 aromatic heterocycles. The molecule has 1 aliphatic heterocycles. The molecule has 28 heavy (non-hydrogen) atoms. The largest absolute Gasteiger partial charge is 0.495 e. The Kier molecular flexibility index (Phi) is 5.46. The zero-order chi connectivity index (χ0) is 20.5. The lowest BCUT2D eigenvalue weighted by Gasteiger charge is -2.20. The highest BCUT2D eigenvalue weighted by atomic mass is 32.2. The number of rotatable bonds is 6. The van der Waals surface area contributed by atoms with Crippen LogP contribution in [0, 0.1) is 0 Å². The van der Waals surface area contributed by atoms with Crippen molar-refractivity contribution in [3.05, 3.63) is 48.0 Å². The molecular formula is C18H21N3O5S2. The standard InChI is InChI=1S/C18H21N3O5S2/c1-4-21(5-2)28(24,25)13-10-11-16(26-3)15(12-13)19-18-14-8-6-7-9-17(14)27(22,23)20-18/h6-12H,4-5H2,1-3H3,(H,19,20). The zero-order valence-electron chi connectivity index (χ0n) is 15.7. The van der Waals surface area contributed by atoms with Gasteiger partial charge in [-0.2, -0.15) is 12.7 Å². The molecule has 0 radical (unpaired) electrons. The van der Waals surface area contributed by atoms with Gasteiger partial charge in [0.25, 0.3) is 10.0 Å². The molecule has 10 heteroatoms. The number of nitrogens with zero attached hydrogens (tertiary/aromatic N) is 2. The summed E-state index contributed by atoms with van der Waals surface area (Å²) in [4.78, 5) is 0.178. The predicted molar refractivity (Wildman–Crippen MR) is 107 cm³/mol. The van der Waals surface area contributed by atoms with E-state index in [1.807, 2.05) is 0 Å². The molecule has 0 fully saturated rings. The Morgan fingerprint density at radius 2 is 1.79 bits per heavy atom. The maximum absolute atomic E-state index is 12.8. The van der Waals surface area contributed by atoms with Crippen LogP contribution in [0.5, 0.6) is 5.75 Å². The molecule has 1 aliphatic rings. The third-order valence-electron chi connectivity index (χ3n) is 4.40. The smallest absolute Gasteiger partial charge is 0.285 e. The van der Waals surface area contributed by atoms with E-state index in [1.54, 1.807) is 32.0 Å². The Morgan fingerprint density at radius 3 is 2.43 bits per heavy atom. The quantitative estimate of drug-likeness (QED) is 0.764. The van der Waals surface area contributed by atoms with E-state index in [9.17, 15) is 16.8 Å². The van der Waals surface area contributed by atoms with E-state index in [0.29, 0.717) is 30.1 Å². The molecule has 2 aromatic carbocycles. The first-order chi connectivity index (χ1) is 13.2. The van der Waals surface area contributed by atoms with E-state index in [2.05, 4.69) is 9.71 Å². The SMILES string of the molecule is CCN(CC)S(=O)(=O)c1ccc(OC)c(NC2=NS(=O)(=O)c3ccccc32)c1. The second kappa shape index (κ2) is 7.53. The van der Waals surface area contributed by atoms with Gasteiger partial charge < -0.3 is 10.1 Å². The topological polar surface area (TPSA) is 105 Å². The molecule has 8 nitrogen and oxygen atoms in total. The molecule has 0 unspecified atom stereocenters. The predicted octanol–water partition coefficient (Wildman–Crippen LogP) is 2.29. The number of methoxy groups -OCH3 is 1. The van der Waals surface area contributed by atoms with Gasteiger partial charge in [0.15, 0.2) is 5.84 Å². The van der Waals surface area contributed by atoms with Crippen LogP contribution in [0.4, 0.5) is 5.69 Å². The van der Waals surface area contributed by atoms with Crippen molar-refractivity contribution >= 4 is 31.6 Å². The van der Waals surface area contributed by atoms with Crippen LogP contribution in [0.2, 0.25) is 0 Å². The highest BCUT2D eigenvalue weighted by Crippen LogP contribution is 2.32. The number of hydrogen-bond acceptors (Lipinski definition) is 6. The van der Waals surface area contributed by atoms with Gasteiger partial charge in [0.05, 0.1) is 17.7 Å². The summed E-state index contributed by atoms with van der Waals surface area (Å²) in [6.45, 7) is 4.20. The van der Waals surface area contributed by atoms with E-state index in [-0.39, 0.29) is 15.6 Å². The van der Waals surface area contributed by atoms with Gasteiger partial charge in [-0.3, -0.25) is 0 Å². The number of nitrogens with one attached hydrogen (secondary N) is 1. The van der Waals surface area contributed by atoms with Gasteiger partial charge in [-0.25, -0.2) is 8.42 Å². The minimum Gasteiger partial charge on any atom is -0.495 e. The molecule has 0 aliphatic carbocycles. The number of anilines is 1. The first-order valence-corrected chi connectivity index (χ1v) is 11.5. The summed E-state index contributed by atoms with van der Waals surface area (Å²) < 4.78 is 60.5. The Bertz CT molecular complexity index is 1140. The first kappa shape index (κ1) is 20.3. The lowest BCUT2D eigenvalue weighted by Crippen LogP contribution is -2.30. The van der Waals surface area contributed by atoms with Crippen LogP contribution in [-0.4, -0.2) is 47.2 Å². The van der Waals surface area contributed by atoms with Crippen molar-refractivity contribution in [1.82, 2.24) is 4.31 Å². The van der Waals surface area contributed by atoms with E-state index < -0.39 is 20.0 Å². The summed E-state index contributed by atoms with van der Waals surface area (Å²) in [6.07, 6.45) is 0. The van der Waals surface area contributed by atoms with Crippen LogP contribution in [0.25, 0.3) is 0 Å². The molecule has 0 saturated carbocycles. The lowest BCUT2D eigenvalue weighted by molar-refractivity contribution is 0.416. The van der Waals surface area contributed by atoms with Gasteiger partial charge in [0.2, 0.25) is 10.0 Å². The monoisotopic (exact) mass is 423 g/mol. The molecule has 1 N–H and O–H groups in total. The number of benzene rings is 2. The van der Waals surface area contributed by atoms with Crippen molar-refractivity contribution in [3.63, 3.8) is 0 Å². The fraction of sp³-hybridized carbons (Fsp3) is 0.278. The molecule has 150 valence electrons. The molecule has 2 aromatic rings. The highest BCUT2D eigenvalue weighted by Gasteiger charge is 2.29. The zero-order valence-corrected chi connectivity index (χ0v) is 17.3. The third-order valence-corrected chi connectivity index (χ3v) is 7.78. The second-order valence-corrected chi connectivity index (χ2v) is 9.50. The number of ether oxygens (including phenoxy) is 1. The Balaban J connectivity index is 2.06. The molecule has 0 saturated heterocycles. The van der Waals surface area contributed by atoms with Crippen molar-refractivity contribution in [2.24, 2.45) is 4.40 Å². The van der Waals surface area contributed by atoms with Crippen LogP contribution >= 0.6 is 0 Å². The van der Waals surface area contributed by atoms with Crippen LogP contribution in [-0.2, 0) is 20.0 Å². The van der Waals surface area contributed by atoms with Gasteiger partial charge in [0, 0.05) is 18.7 Å². The average Bonchev–Trinajstić information content (AvgIpc) is 2.93. The number of hydrogen-bond donors (Lipinski definition) is 1. The fourth-order valence-electron chi connectivity index (χ4n) is 2.98. The van der Waals surface area contributed by atoms with Crippen LogP contribution in [0.3, 0.4) is 0 Å². The first-order valence-electron chi connectivity index (χ1n) is 8.64. The van der Waals surface area contributed by atoms with Crippen molar-refractivity contribution in [1.29, 1.82) is 0 Å². The molecule has 0 amide bonds. The second-order valence-electron chi connectivity index (χ2n) is 5.99. The summed E-state index contributed by atoms with van der Waals surface area (Å²) in [5.74, 6) is 0.481. The number of fused-ring (bicyclic) bond motifs is 1. The molecule has 0 bridgehead atoms. The molecule has 0 spiro atoms. The molecule has 1 heterocycles. The maximum atomic E-state index is 12.8. The number of amidine groups is 1. The normalized spacial score (nSPS) is 15.2. The van der Waals surface area contributed by atoms with E-state index in [4.69, 9.17) is 4.74 Å². The molecule has 3 rings (SSSR count). The van der Waals surface area contributed by atoms with Gasteiger partial charge in [-0.1, -0.05) is 26.0 Å². The third kappa shape index (κ3) is 3.50. The lowest BCUT2D eigenvalue weighted by atomic mass is 10.2. The minimum atomic E-state index is -3.80. The minimum absolute atomic E-state index is 0.0780. The Hall–Kier alpha value is -2.43. The summed E-state index contributed by atoms with van der Waals surface area (Å²) in [6, 6.07) is 10.8. The van der Waals surface area contributed by atoms with E-state index in [1.165, 1.54) is 35.7 Å². The number of sulfonamides is 2. The van der Waals surface area contributed by atoms with Crippen molar-refractivity contribution in [2.75, 3.05) is 25.5 Å². The Labute approximate surface area is 165 Å². The van der Waals surface area contributed by atoms with Gasteiger partial charge in [0.1, 0.15) is 10.6 Å². The highest BCUT2D eigenvalue weighted by molar-refractivity contribution is 7.90. The van der Waals surface area contributed by atoms with Gasteiger partial charge in [-0.05, 0) is 30.3 Å². The Morgan fingerprint density at radius 1 is 1.11 bits per heavy atom. The van der Waals surface area contributed by atoms with E-state index in [0.717, 1.165) is 0 Å². The van der Waals surface area contributed by atoms with Crippen molar-refractivity contribution < 1.29 is 21.6 Å². The summed E-state index contributed by atoms with van der Waals surface area (Å²) in [7, 11) is -6.04. The fourth-order valence-corrected chi connectivity index (χ4v) is 5.64. The van der Waals surface area contributed by atoms with E-state index >= 15 is 0 Å². The van der Waals surface area contributed by atoms with Crippen LogP contribution < -0.4 is 10.1 Å². The van der Waals surface area contributed by atoms with Gasteiger partial charge in [-0.15, -0.1) is 4.40 Å². The van der Waals surface area contributed by atoms with Crippen LogP contribution in [0.1, 0.15) is 19.4 Å². The van der Waals surface area contributed by atoms with Crippen LogP contribution in [0.15, 0.2) is 56.7 Å². The van der Waals surface area contributed by atoms with Crippen molar-refractivity contribution in [2.45, 2.75) is 23.6 Å². The maximum Gasteiger partial charge on any atom is 0.285 e. The average molecular weight is 424 g/mol. The summed E-state index contributed by atoms with van der Waals surface area (Å²) >= 11 is 0. The summed E-state index contributed by atoms with van der Waals surface area (Å²) in [5.41, 5.74) is 0.725. The summed E-state index contributed by atoms with van der Waals surface area (Å²) in [5, 5.41) is 2.92. The molecular weight excluding hydrogens is 402 g/mol. The van der Waals surface area contributed by atoms with Gasteiger partial charge >= 0.3 is 0 Å². The van der Waals surface area contributed by atoms with Crippen molar-refractivity contribution in [3.8, 4) is 5.75 Å². The molecule has 0 atom stereocenters.